The van der Waals surface area contributed by atoms with Crippen LogP contribution in [0.5, 0.6) is 11.5 Å². The molecule has 134 valence electrons. The lowest BCUT2D eigenvalue weighted by Crippen LogP contribution is -2.05. The van der Waals surface area contributed by atoms with E-state index >= 15 is 0 Å². The van der Waals surface area contributed by atoms with Crippen LogP contribution in [-0.2, 0) is 6.18 Å². The van der Waals surface area contributed by atoms with E-state index in [-0.39, 0.29) is 24.2 Å². The molecule has 11 heteroatoms. The zero-order chi connectivity index (χ0) is 18.1. The fourth-order valence-electron chi connectivity index (χ4n) is 1.80. The minimum atomic E-state index is -4.73. The van der Waals surface area contributed by atoms with Crippen LogP contribution in [0.2, 0.25) is 0 Å². The van der Waals surface area contributed by atoms with Crippen LogP contribution in [0.3, 0.4) is 0 Å². The number of ether oxygens (including phenoxy) is 1. The maximum absolute atomic E-state index is 13.7. The van der Waals surface area contributed by atoms with Gasteiger partial charge in [-0.15, -0.1) is 12.4 Å². The maximum atomic E-state index is 13.7. The van der Waals surface area contributed by atoms with Crippen molar-refractivity contribution in [1.82, 2.24) is 0 Å². The number of benzene rings is 2. The third-order valence-corrected chi connectivity index (χ3v) is 2.88. The van der Waals surface area contributed by atoms with Crippen molar-refractivity contribution >= 4 is 24.1 Å². The van der Waals surface area contributed by atoms with Crippen LogP contribution in [0.15, 0.2) is 36.4 Å². The number of hydrogen-bond donors (Lipinski definition) is 1. The van der Waals surface area contributed by atoms with Crippen molar-refractivity contribution in [2.75, 3.05) is 0 Å². The van der Waals surface area contributed by atoms with E-state index in [1.807, 2.05) is 0 Å². The smallest absolute Gasteiger partial charge is 0.416 e. The molecule has 0 radical (unpaired) electrons. The van der Waals surface area contributed by atoms with E-state index in [0.717, 1.165) is 24.3 Å². The van der Waals surface area contributed by atoms with Crippen LogP contribution >= 0.6 is 12.4 Å². The monoisotopic (exact) mass is 381 g/mol. The molecule has 0 heterocycles. The standard InChI is InChI=1S/C14H7F4NO5.ClH/c15-10-5-7(14(16,17)18)1-4-12(10)24-8-2-3-11(19(22)23)9(6-8)13(20)21;/h1-6H,(H,20,21);1H. The number of alkyl halides is 3. The van der Waals surface area contributed by atoms with E-state index in [2.05, 4.69) is 0 Å². The highest BCUT2D eigenvalue weighted by Gasteiger charge is 2.31. The van der Waals surface area contributed by atoms with Crippen molar-refractivity contribution in [2.45, 2.75) is 6.18 Å². The van der Waals surface area contributed by atoms with Gasteiger partial charge < -0.3 is 9.84 Å². The van der Waals surface area contributed by atoms with Crippen LogP contribution in [0, 0.1) is 15.9 Å². The van der Waals surface area contributed by atoms with Crippen LogP contribution in [0.25, 0.3) is 0 Å². The second-order valence-corrected chi connectivity index (χ2v) is 4.49. The molecule has 0 aliphatic carbocycles. The Kier molecular flexibility index (Phi) is 5.92. The van der Waals surface area contributed by atoms with Crippen LogP contribution < -0.4 is 4.74 Å². The normalized spacial score (nSPS) is 10.7. The van der Waals surface area contributed by atoms with Crippen molar-refractivity contribution in [3.8, 4) is 11.5 Å². The number of carboxylic acids is 1. The van der Waals surface area contributed by atoms with Gasteiger partial charge in [-0.05, 0) is 24.3 Å². The molecule has 2 aromatic rings. The Labute approximate surface area is 143 Å². The lowest BCUT2D eigenvalue weighted by molar-refractivity contribution is -0.385. The molecule has 0 aliphatic rings. The van der Waals surface area contributed by atoms with Gasteiger partial charge in [0.25, 0.3) is 5.69 Å². The van der Waals surface area contributed by atoms with Gasteiger partial charge in [-0.25, -0.2) is 9.18 Å². The number of carbonyl (C=O) groups is 1. The lowest BCUT2D eigenvalue weighted by Gasteiger charge is -2.10. The van der Waals surface area contributed by atoms with Gasteiger partial charge in [0.2, 0.25) is 0 Å². The molecule has 0 aliphatic heterocycles. The predicted molar refractivity (Wildman–Crippen MR) is 78.8 cm³/mol. The molecule has 25 heavy (non-hydrogen) atoms. The molecule has 0 bridgehead atoms. The van der Waals surface area contributed by atoms with Crippen molar-refractivity contribution in [1.29, 1.82) is 0 Å². The van der Waals surface area contributed by atoms with Crippen molar-refractivity contribution < 1.29 is 37.1 Å². The van der Waals surface area contributed by atoms with Gasteiger partial charge in [-0.3, -0.25) is 10.1 Å². The molecule has 2 rings (SSSR count). The number of nitro groups is 1. The third kappa shape index (κ3) is 4.57. The van der Waals surface area contributed by atoms with Gasteiger partial charge in [0.05, 0.1) is 10.5 Å². The molecule has 0 saturated heterocycles. The Morgan fingerprint density at radius 2 is 1.80 bits per heavy atom. The van der Waals surface area contributed by atoms with Gasteiger partial charge in [0, 0.05) is 12.1 Å². The largest absolute Gasteiger partial charge is 0.477 e. The highest BCUT2D eigenvalue weighted by atomic mass is 35.5. The summed E-state index contributed by atoms with van der Waals surface area (Å²) in [6.45, 7) is 0. The molecule has 1 N–H and O–H groups in total. The van der Waals surface area contributed by atoms with E-state index in [9.17, 15) is 32.5 Å². The van der Waals surface area contributed by atoms with Gasteiger partial charge >= 0.3 is 12.1 Å². The molecule has 0 amide bonds. The van der Waals surface area contributed by atoms with E-state index in [1.54, 1.807) is 0 Å². The summed E-state index contributed by atoms with van der Waals surface area (Å²) in [7, 11) is 0. The highest BCUT2D eigenvalue weighted by Crippen LogP contribution is 2.34. The van der Waals surface area contributed by atoms with Crippen molar-refractivity contribution in [3.63, 3.8) is 0 Å². The van der Waals surface area contributed by atoms with E-state index in [0.29, 0.717) is 6.07 Å². The molecule has 6 nitrogen and oxygen atoms in total. The van der Waals surface area contributed by atoms with Gasteiger partial charge in [0.15, 0.2) is 11.6 Å². The van der Waals surface area contributed by atoms with Gasteiger partial charge in [-0.1, -0.05) is 0 Å². The summed E-state index contributed by atoms with van der Waals surface area (Å²) in [4.78, 5) is 20.8. The Morgan fingerprint density at radius 1 is 1.16 bits per heavy atom. The molecule has 0 atom stereocenters. The SMILES string of the molecule is Cl.O=C(O)c1cc(Oc2ccc(C(F)(F)F)cc2F)ccc1[N+](=O)[O-]. The fourth-order valence-corrected chi connectivity index (χ4v) is 1.80. The van der Waals surface area contributed by atoms with Crippen LogP contribution in [0.1, 0.15) is 15.9 Å². The summed E-state index contributed by atoms with van der Waals surface area (Å²) >= 11 is 0. The molecule has 2 aromatic carbocycles. The topological polar surface area (TPSA) is 89.7 Å². The fraction of sp³-hybridized carbons (Fsp3) is 0.0714. The minimum absolute atomic E-state index is 0. The summed E-state index contributed by atoms with van der Waals surface area (Å²) in [6.07, 6.45) is -4.73. The quantitative estimate of drug-likeness (QED) is 0.472. The summed E-state index contributed by atoms with van der Waals surface area (Å²) in [5.41, 5.74) is -2.63. The lowest BCUT2D eigenvalue weighted by atomic mass is 10.1. The molecule has 0 spiro atoms. The maximum Gasteiger partial charge on any atom is 0.416 e. The highest BCUT2D eigenvalue weighted by molar-refractivity contribution is 5.92. The number of carboxylic acid groups (broad SMARTS) is 1. The summed E-state index contributed by atoms with van der Waals surface area (Å²) < 4.78 is 56.0. The number of aromatic carboxylic acids is 1. The first kappa shape index (κ1) is 20.2. The molecule has 0 fully saturated rings. The van der Waals surface area contributed by atoms with Crippen molar-refractivity contribution in [2.24, 2.45) is 0 Å². The Hall–Kier alpha value is -2.88. The molecule has 0 aromatic heterocycles. The summed E-state index contributed by atoms with van der Waals surface area (Å²) in [5.74, 6) is -3.80. The second-order valence-electron chi connectivity index (χ2n) is 4.49. The number of halogens is 5. The average molecular weight is 382 g/mol. The third-order valence-electron chi connectivity index (χ3n) is 2.88. The van der Waals surface area contributed by atoms with E-state index in [4.69, 9.17) is 9.84 Å². The number of rotatable bonds is 4. The van der Waals surface area contributed by atoms with Crippen molar-refractivity contribution in [3.05, 3.63) is 63.5 Å². The van der Waals surface area contributed by atoms with Gasteiger partial charge in [0.1, 0.15) is 11.3 Å². The first-order valence-corrected chi connectivity index (χ1v) is 6.16. The summed E-state index contributed by atoms with van der Waals surface area (Å²) in [6, 6.07) is 4.14. The first-order chi connectivity index (χ1) is 11.1. The zero-order valence-electron chi connectivity index (χ0n) is 11.9. The van der Waals surface area contributed by atoms with E-state index in [1.165, 1.54) is 0 Å². The molecule has 0 saturated carbocycles. The average Bonchev–Trinajstić information content (AvgIpc) is 2.47. The second kappa shape index (κ2) is 7.34. The molecule has 0 unspecified atom stereocenters. The molecular weight excluding hydrogens is 374 g/mol. The Balaban J connectivity index is 0.00000312. The van der Waals surface area contributed by atoms with Gasteiger partial charge in [-0.2, -0.15) is 13.2 Å². The van der Waals surface area contributed by atoms with Crippen LogP contribution in [-0.4, -0.2) is 16.0 Å². The zero-order valence-corrected chi connectivity index (χ0v) is 12.7. The van der Waals surface area contributed by atoms with E-state index < -0.39 is 45.4 Å². The number of hydrogen-bond acceptors (Lipinski definition) is 4. The Bertz CT molecular complexity index is 825. The Morgan fingerprint density at radius 3 is 2.28 bits per heavy atom. The number of nitrogens with zero attached hydrogens (tertiary/aromatic N) is 1. The number of nitro benzene ring substituents is 1. The first-order valence-electron chi connectivity index (χ1n) is 6.16. The molecular formula is C14H8ClF4NO5. The predicted octanol–water partition coefficient (Wildman–Crippen LogP) is 4.67. The van der Waals surface area contributed by atoms with Crippen LogP contribution in [0.4, 0.5) is 23.2 Å². The minimum Gasteiger partial charge on any atom is -0.477 e. The summed E-state index contributed by atoms with van der Waals surface area (Å²) in [5, 5.41) is 19.6.